The molecule has 2 nitrogen and oxygen atoms in total. The van der Waals surface area contributed by atoms with Gasteiger partial charge in [-0.3, -0.25) is 0 Å². The van der Waals surface area contributed by atoms with Crippen LogP contribution in [0.15, 0.2) is 48.5 Å². The monoisotopic (exact) mass is 242 g/mol. The molecule has 0 bridgehead atoms. The zero-order valence-corrected chi connectivity index (χ0v) is 9.74. The maximum absolute atomic E-state index is 9.82. The molecule has 0 aliphatic carbocycles. The molecule has 84 valence electrons. The van der Waals surface area contributed by atoms with Gasteiger partial charge in [0.2, 0.25) is 0 Å². The molecule has 0 saturated carbocycles. The Morgan fingerprint density at radius 1 is 0.882 bits per heavy atom. The number of hydrogen-bond donors (Lipinski definition) is 2. The number of aromatic hydroxyl groups is 2. The molecule has 0 fully saturated rings. The van der Waals surface area contributed by atoms with Crippen molar-refractivity contribution in [3.63, 3.8) is 0 Å². The molecule has 0 unspecified atom stereocenters. The van der Waals surface area contributed by atoms with Crippen LogP contribution in [-0.2, 0) is 0 Å². The maximum atomic E-state index is 9.82. The summed E-state index contributed by atoms with van der Waals surface area (Å²) in [6.07, 6.45) is 0. The predicted octanol–water partition coefficient (Wildman–Crippen LogP) is 3.98. The van der Waals surface area contributed by atoms with Gasteiger partial charge in [0.05, 0.1) is 0 Å². The minimum atomic E-state index is 0.0763. The molecule has 2 aromatic carbocycles. The van der Waals surface area contributed by atoms with Crippen molar-refractivity contribution in [3.8, 4) is 21.9 Å². The van der Waals surface area contributed by atoms with E-state index in [0.717, 1.165) is 10.4 Å². The highest BCUT2D eigenvalue weighted by atomic mass is 32.1. The van der Waals surface area contributed by atoms with Crippen molar-refractivity contribution >= 4 is 21.4 Å². The third-order valence-electron chi connectivity index (χ3n) is 2.67. The molecule has 3 aromatic rings. The van der Waals surface area contributed by atoms with Crippen LogP contribution in [0.2, 0.25) is 0 Å². The molecule has 0 aliphatic rings. The van der Waals surface area contributed by atoms with Gasteiger partial charge in [0.15, 0.2) is 0 Å². The summed E-state index contributed by atoms with van der Waals surface area (Å²) in [7, 11) is 0. The zero-order valence-electron chi connectivity index (χ0n) is 8.92. The Bertz CT molecular complexity index is 653. The van der Waals surface area contributed by atoms with Gasteiger partial charge in [0.25, 0.3) is 0 Å². The normalized spacial score (nSPS) is 10.8. The highest BCUT2D eigenvalue weighted by Crippen LogP contribution is 2.38. The van der Waals surface area contributed by atoms with E-state index in [1.54, 1.807) is 23.5 Å². The molecule has 0 amide bonds. The molecule has 17 heavy (non-hydrogen) atoms. The van der Waals surface area contributed by atoms with Crippen molar-refractivity contribution in [3.05, 3.63) is 48.5 Å². The predicted molar refractivity (Wildman–Crippen MR) is 70.6 cm³/mol. The summed E-state index contributed by atoms with van der Waals surface area (Å²) in [5.74, 6) is 0.184. The van der Waals surface area contributed by atoms with Crippen LogP contribution in [0.5, 0.6) is 11.5 Å². The number of rotatable bonds is 1. The van der Waals surface area contributed by atoms with Gasteiger partial charge >= 0.3 is 0 Å². The molecule has 0 radical (unpaired) electrons. The summed E-state index contributed by atoms with van der Waals surface area (Å²) >= 11 is 1.63. The first kappa shape index (κ1) is 10.2. The largest absolute Gasteiger partial charge is 0.508 e. The highest BCUT2D eigenvalue weighted by molar-refractivity contribution is 7.22. The van der Waals surface area contributed by atoms with E-state index in [2.05, 4.69) is 6.07 Å². The summed E-state index contributed by atoms with van der Waals surface area (Å²) in [5.41, 5.74) is 0.754. The Morgan fingerprint density at radius 3 is 2.47 bits per heavy atom. The lowest BCUT2D eigenvalue weighted by Gasteiger charge is -2.01. The first-order chi connectivity index (χ1) is 8.24. The van der Waals surface area contributed by atoms with Gasteiger partial charge in [0.1, 0.15) is 11.5 Å². The molecule has 2 N–H and O–H groups in total. The van der Waals surface area contributed by atoms with Crippen LogP contribution in [0.3, 0.4) is 0 Å². The van der Waals surface area contributed by atoms with E-state index in [0.29, 0.717) is 0 Å². The lowest BCUT2D eigenvalue weighted by molar-refractivity contribution is 0.452. The van der Waals surface area contributed by atoms with Crippen LogP contribution < -0.4 is 0 Å². The first-order valence-electron chi connectivity index (χ1n) is 5.25. The Kier molecular flexibility index (Phi) is 2.27. The number of fused-ring (bicyclic) bond motifs is 1. The van der Waals surface area contributed by atoms with Gasteiger partial charge in [-0.05, 0) is 29.7 Å². The smallest absolute Gasteiger partial charge is 0.127 e. The van der Waals surface area contributed by atoms with Gasteiger partial charge in [-0.25, -0.2) is 0 Å². The molecule has 0 spiro atoms. The zero-order chi connectivity index (χ0) is 11.8. The maximum Gasteiger partial charge on any atom is 0.127 e. The summed E-state index contributed by atoms with van der Waals surface area (Å²) in [4.78, 5) is 1.00. The number of benzene rings is 2. The van der Waals surface area contributed by atoms with Crippen molar-refractivity contribution in [2.45, 2.75) is 0 Å². The van der Waals surface area contributed by atoms with Gasteiger partial charge in [0, 0.05) is 21.2 Å². The van der Waals surface area contributed by atoms with E-state index in [4.69, 9.17) is 0 Å². The molecule has 3 heteroatoms. The fourth-order valence-electron chi connectivity index (χ4n) is 1.84. The van der Waals surface area contributed by atoms with Crippen molar-refractivity contribution in [1.82, 2.24) is 0 Å². The minimum absolute atomic E-state index is 0.0763. The molecule has 0 aliphatic heterocycles. The molecular formula is C14H10O2S. The third-order valence-corrected chi connectivity index (χ3v) is 3.82. The minimum Gasteiger partial charge on any atom is -0.508 e. The van der Waals surface area contributed by atoms with Crippen LogP contribution >= 0.6 is 11.3 Å². The topological polar surface area (TPSA) is 40.5 Å². The van der Waals surface area contributed by atoms with Crippen LogP contribution in [0.4, 0.5) is 0 Å². The number of phenolic OH excluding ortho intramolecular Hbond substituents is 2. The third kappa shape index (κ3) is 1.74. The Balaban J connectivity index is 2.20. The molecule has 1 heterocycles. The lowest BCUT2D eigenvalue weighted by Crippen LogP contribution is -1.73. The molecular weight excluding hydrogens is 232 g/mol. The second-order valence-electron chi connectivity index (χ2n) is 3.85. The van der Waals surface area contributed by atoms with Gasteiger partial charge in [-0.15, -0.1) is 11.3 Å². The van der Waals surface area contributed by atoms with E-state index in [9.17, 15) is 10.2 Å². The Labute approximate surface area is 102 Å². The number of hydrogen-bond acceptors (Lipinski definition) is 3. The fraction of sp³-hybridized carbons (Fsp3) is 0. The van der Waals surface area contributed by atoms with Gasteiger partial charge < -0.3 is 10.2 Å². The van der Waals surface area contributed by atoms with Crippen LogP contribution in [-0.4, -0.2) is 10.2 Å². The molecule has 0 atom stereocenters. The number of thiophene rings is 1. The van der Waals surface area contributed by atoms with E-state index >= 15 is 0 Å². The average Bonchev–Trinajstić information content (AvgIpc) is 2.72. The molecule has 0 saturated heterocycles. The van der Waals surface area contributed by atoms with Crippen LogP contribution in [0.25, 0.3) is 20.5 Å². The van der Waals surface area contributed by atoms with Crippen molar-refractivity contribution in [2.24, 2.45) is 0 Å². The van der Waals surface area contributed by atoms with E-state index < -0.39 is 0 Å². The van der Waals surface area contributed by atoms with Gasteiger partial charge in [-0.2, -0.15) is 0 Å². The fourth-order valence-corrected chi connectivity index (χ4v) is 2.94. The van der Waals surface area contributed by atoms with E-state index in [1.807, 2.05) is 24.3 Å². The summed E-state index contributed by atoms with van der Waals surface area (Å²) in [6, 6.07) is 14.8. The second kappa shape index (κ2) is 3.79. The van der Waals surface area contributed by atoms with E-state index in [-0.39, 0.29) is 11.5 Å². The van der Waals surface area contributed by atoms with Crippen molar-refractivity contribution in [1.29, 1.82) is 0 Å². The Morgan fingerprint density at radius 2 is 1.71 bits per heavy atom. The standard InChI is InChI=1S/C14H10O2S/c15-10-5-6-11(12(16)8-10)14-7-9-3-1-2-4-13(9)17-14/h1-8,15-16H. The lowest BCUT2D eigenvalue weighted by atomic mass is 10.1. The first-order valence-corrected chi connectivity index (χ1v) is 6.06. The van der Waals surface area contributed by atoms with Gasteiger partial charge in [-0.1, -0.05) is 18.2 Å². The highest BCUT2D eigenvalue weighted by Gasteiger charge is 2.08. The summed E-state index contributed by atoms with van der Waals surface area (Å²) in [6.45, 7) is 0. The molecule has 3 rings (SSSR count). The SMILES string of the molecule is Oc1ccc(-c2cc3ccccc3s2)c(O)c1. The van der Waals surface area contributed by atoms with Crippen molar-refractivity contribution in [2.75, 3.05) is 0 Å². The summed E-state index contributed by atoms with van der Waals surface area (Å²) in [5, 5.41) is 20.3. The molecule has 1 aromatic heterocycles. The van der Waals surface area contributed by atoms with Crippen molar-refractivity contribution < 1.29 is 10.2 Å². The summed E-state index contributed by atoms with van der Waals surface area (Å²) < 4.78 is 1.19. The van der Waals surface area contributed by atoms with Crippen LogP contribution in [0.1, 0.15) is 0 Å². The second-order valence-corrected chi connectivity index (χ2v) is 4.93. The van der Waals surface area contributed by atoms with Crippen LogP contribution in [0, 0.1) is 0 Å². The van der Waals surface area contributed by atoms with E-state index in [1.165, 1.54) is 16.2 Å². The average molecular weight is 242 g/mol. The number of phenols is 2. The quantitative estimate of drug-likeness (QED) is 0.677. The Hall–Kier alpha value is -2.00.